The van der Waals surface area contributed by atoms with Crippen molar-refractivity contribution in [1.82, 2.24) is 15.1 Å². The lowest BCUT2D eigenvalue weighted by Crippen LogP contribution is -2.28. The van der Waals surface area contributed by atoms with Crippen molar-refractivity contribution in [2.75, 3.05) is 26.7 Å². The van der Waals surface area contributed by atoms with Gasteiger partial charge in [0.15, 0.2) is 0 Å². The smallest absolute Gasteiger partial charge is 0.266 e. The van der Waals surface area contributed by atoms with Crippen molar-refractivity contribution in [2.24, 2.45) is 4.99 Å². The van der Waals surface area contributed by atoms with Crippen LogP contribution in [0.2, 0.25) is 0 Å². The SMILES string of the molecule is CCCNC(=O)c1csc(C(=O)N(C)Cc2ccccc2C#N)c1/N=C/N1CCCCC1. The fraction of sp³-hybridized carbons (Fsp3) is 0.417. The van der Waals surface area contributed by atoms with Crippen LogP contribution in [0.25, 0.3) is 0 Å². The van der Waals surface area contributed by atoms with Crippen LogP contribution in [0.15, 0.2) is 34.6 Å². The van der Waals surface area contributed by atoms with Gasteiger partial charge in [0.05, 0.1) is 23.5 Å². The molecule has 0 saturated carbocycles. The minimum Gasteiger partial charge on any atom is -0.363 e. The van der Waals surface area contributed by atoms with E-state index in [2.05, 4.69) is 21.3 Å². The molecule has 2 aromatic rings. The largest absolute Gasteiger partial charge is 0.363 e. The molecule has 7 nitrogen and oxygen atoms in total. The van der Waals surface area contributed by atoms with Gasteiger partial charge in [-0.25, -0.2) is 4.99 Å². The Bertz CT molecular complexity index is 1020. The van der Waals surface area contributed by atoms with E-state index in [0.29, 0.717) is 34.8 Å². The molecular weight excluding hydrogens is 422 g/mol. The van der Waals surface area contributed by atoms with Gasteiger partial charge in [0.2, 0.25) is 0 Å². The molecule has 1 aromatic heterocycles. The first-order valence-corrected chi connectivity index (χ1v) is 11.8. The summed E-state index contributed by atoms with van der Waals surface area (Å²) in [6.07, 6.45) is 6.04. The number of likely N-dealkylation sites (tertiary alicyclic amines) is 1. The van der Waals surface area contributed by atoms with E-state index in [1.807, 2.05) is 19.1 Å². The van der Waals surface area contributed by atoms with Gasteiger partial charge in [-0.05, 0) is 37.3 Å². The van der Waals surface area contributed by atoms with Crippen molar-refractivity contribution in [1.29, 1.82) is 5.26 Å². The first-order valence-electron chi connectivity index (χ1n) is 11.0. The van der Waals surface area contributed by atoms with E-state index in [9.17, 15) is 14.9 Å². The molecule has 3 rings (SSSR count). The standard InChI is InChI=1S/C24H29N5O2S/c1-3-11-26-23(30)20-16-32-22(21(20)27-17-29-12-7-4-8-13-29)24(31)28(2)15-19-10-6-5-9-18(19)14-25/h5-6,9-10,16-17H,3-4,7-8,11-13,15H2,1-2H3,(H,26,30)/b27-17+. The van der Waals surface area contributed by atoms with Gasteiger partial charge in [0.25, 0.3) is 11.8 Å². The summed E-state index contributed by atoms with van der Waals surface area (Å²) in [5, 5.41) is 13.9. The van der Waals surface area contributed by atoms with Crippen molar-refractivity contribution in [3.05, 3.63) is 51.2 Å². The summed E-state index contributed by atoms with van der Waals surface area (Å²) < 4.78 is 0. The average molecular weight is 452 g/mol. The zero-order chi connectivity index (χ0) is 22.9. The number of nitrogens with one attached hydrogen (secondary N) is 1. The van der Waals surface area contributed by atoms with E-state index >= 15 is 0 Å². The number of amides is 2. The minimum absolute atomic E-state index is 0.217. The van der Waals surface area contributed by atoms with Crippen molar-refractivity contribution in [2.45, 2.75) is 39.2 Å². The van der Waals surface area contributed by atoms with Crippen molar-refractivity contribution < 1.29 is 9.59 Å². The van der Waals surface area contributed by atoms with Crippen molar-refractivity contribution in [3.63, 3.8) is 0 Å². The molecule has 2 amide bonds. The summed E-state index contributed by atoms with van der Waals surface area (Å²) in [7, 11) is 1.70. The molecule has 1 aromatic carbocycles. The second-order valence-corrected chi connectivity index (χ2v) is 8.73. The van der Waals surface area contributed by atoms with Gasteiger partial charge < -0.3 is 15.1 Å². The Labute approximate surface area is 193 Å². The zero-order valence-corrected chi connectivity index (χ0v) is 19.5. The molecule has 168 valence electrons. The predicted molar refractivity (Wildman–Crippen MR) is 127 cm³/mol. The summed E-state index contributed by atoms with van der Waals surface area (Å²) in [6.45, 7) is 4.72. The lowest BCUT2D eigenvalue weighted by atomic mass is 10.1. The highest BCUT2D eigenvalue weighted by atomic mass is 32.1. The van der Waals surface area contributed by atoms with Crippen LogP contribution in [0.4, 0.5) is 5.69 Å². The number of aliphatic imine (C=N–C) groups is 1. The molecule has 2 heterocycles. The average Bonchev–Trinajstić information content (AvgIpc) is 3.25. The summed E-state index contributed by atoms with van der Waals surface area (Å²) in [4.78, 5) is 34.7. The number of hydrogen-bond donors (Lipinski definition) is 1. The maximum Gasteiger partial charge on any atom is 0.266 e. The molecule has 0 unspecified atom stereocenters. The Morgan fingerprint density at radius 3 is 2.75 bits per heavy atom. The molecule has 1 saturated heterocycles. The third kappa shape index (κ3) is 5.74. The molecule has 0 radical (unpaired) electrons. The van der Waals surface area contributed by atoms with E-state index in [-0.39, 0.29) is 11.8 Å². The predicted octanol–water partition coefficient (Wildman–Crippen LogP) is 4.18. The number of benzene rings is 1. The van der Waals surface area contributed by atoms with Crippen LogP contribution in [0.5, 0.6) is 0 Å². The number of nitriles is 1. The maximum atomic E-state index is 13.3. The molecule has 1 N–H and O–H groups in total. The summed E-state index contributed by atoms with van der Waals surface area (Å²) in [5.74, 6) is -0.437. The number of thiophene rings is 1. The van der Waals surface area contributed by atoms with E-state index in [0.717, 1.165) is 37.9 Å². The minimum atomic E-state index is -0.219. The molecule has 0 spiro atoms. The van der Waals surface area contributed by atoms with E-state index in [4.69, 9.17) is 0 Å². The summed E-state index contributed by atoms with van der Waals surface area (Å²) in [6, 6.07) is 9.41. The van der Waals surface area contributed by atoms with Gasteiger partial charge in [-0.1, -0.05) is 25.1 Å². The highest BCUT2D eigenvalue weighted by Crippen LogP contribution is 2.32. The third-order valence-electron chi connectivity index (χ3n) is 5.37. The van der Waals surface area contributed by atoms with E-state index in [1.54, 1.807) is 35.8 Å². The number of carbonyl (C=O) groups is 2. The molecule has 32 heavy (non-hydrogen) atoms. The van der Waals surface area contributed by atoms with Crippen LogP contribution in [0.1, 0.15) is 63.8 Å². The van der Waals surface area contributed by atoms with E-state index < -0.39 is 0 Å². The molecule has 1 aliphatic rings. The molecule has 1 aliphatic heterocycles. The quantitative estimate of drug-likeness (QED) is 0.482. The summed E-state index contributed by atoms with van der Waals surface area (Å²) >= 11 is 1.23. The third-order valence-corrected chi connectivity index (χ3v) is 6.33. The number of nitrogens with zero attached hydrogens (tertiary/aromatic N) is 4. The second-order valence-electron chi connectivity index (χ2n) is 7.85. The van der Waals surface area contributed by atoms with Crippen LogP contribution in [0, 0.1) is 11.3 Å². The maximum absolute atomic E-state index is 13.3. The van der Waals surface area contributed by atoms with Crippen LogP contribution >= 0.6 is 11.3 Å². The lowest BCUT2D eigenvalue weighted by molar-refractivity contribution is 0.0790. The van der Waals surface area contributed by atoms with Crippen LogP contribution < -0.4 is 5.32 Å². The van der Waals surface area contributed by atoms with Gasteiger partial charge >= 0.3 is 0 Å². The fourth-order valence-corrected chi connectivity index (χ4v) is 4.55. The van der Waals surface area contributed by atoms with Crippen LogP contribution in [-0.2, 0) is 6.54 Å². The second kappa shape index (κ2) is 11.4. The molecule has 0 atom stereocenters. The first kappa shape index (κ1) is 23.5. The van der Waals surface area contributed by atoms with Crippen molar-refractivity contribution in [3.8, 4) is 6.07 Å². The molecule has 0 bridgehead atoms. The first-order chi connectivity index (χ1) is 15.5. The number of carbonyl (C=O) groups excluding carboxylic acids is 2. The topological polar surface area (TPSA) is 88.8 Å². The van der Waals surface area contributed by atoms with Gasteiger partial charge in [-0.3, -0.25) is 9.59 Å². The highest BCUT2D eigenvalue weighted by Gasteiger charge is 2.24. The normalized spacial score (nSPS) is 13.7. The summed E-state index contributed by atoms with van der Waals surface area (Å²) in [5.41, 5.74) is 2.16. The van der Waals surface area contributed by atoms with Crippen LogP contribution in [0.3, 0.4) is 0 Å². The Balaban J connectivity index is 1.87. The van der Waals surface area contributed by atoms with Gasteiger partial charge in [-0.2, -0.15) is 5.26 Å². The lowest BCUT2D eigenvalue weighted by Gasteiger charge is -2.24. The zero-order valence-electron chi connectivity index (χ0n) is 18.6. The highest BCUT2D eigenvalue weighted by molar-refractivity contribution is 7.13. The molecular formula is C24H29N5O2S. The Morgan fingerprint density at radius 1 is 1.28 bits per heavy atom. The molecule has 0 aliphatic carbocycles. The monoisotopic (exact) mass is 451 g/mol. The number of piperidine rings is 1. The van der Waals surface area contributed by atoms with Gasteiger partial charge in [-0.15, -0.1) is 11.3 Å². The van der Waals surface area contributed by atoms with Crippen LogP contribution in [-0.4, -0.2) is 54.6 Å². The molecule has 1 fully saturated rings. The van der Waals surface area contributed by atoms with E-state index in [1.165, 1.54) is 17.8 Å². The fourth-order valence-electron chi connectivity index (χ4n) is 3.57. The Kier molecular flexibility index (Phi) is 8.40. The number of hydrogen-bond acceptors (Lipinski definition) is 5. The Morgan fingerprint density at radius 2 is 2.03 bits per heavy atom. The Hall–Kier alpha value is -3.18. The van der Waals surface area contributed by atoms with Gasteiger partial charge in [0, 0.05) is 38.6 Å². The number of rotatable bonds is 8. The molecule has 8 heteroatoms. The van der Waals surface area contributed by atoms with Gasteiger partial charge in [0.1, 0.15) is 10.6 Å². The van der Waals surface area contributed by atoms with Crippen molar-refractivity contribution >= 4 is 35.2 Å².